The molecule has 0 aliphatic heterocycles. The van der Waals surface area contributed by atoms with E-state index in [1.807, 2.05) is 0 Å². The van der Waals surface area contributed by atoms with Gasteiger partial charge in [-0.3, -0.25) is 14.4 Å². The topological polar surface area (TPSA) is 51.2 Å². The first-order valence-corrected chi connectivity index (χ1v) is 2.32. The minimum atomic E-state index is 0.184. The number of hydrogen-bond acceptors (Lipinski definition) is 3. The highest BCUT2D eigenvalue weighted by Gasteiger charge is 1.77. The summed E-state index contributed by atoms with van der Waals surface area (Å²) < 4.78 is 0. The predicted octanol–water partition coefficient (Wildman–Crippen LogP) is 0.102. The molecule has 3 nitrogen and oxygen atoms in total. The molecule has 0 aromatic heterocycles. The molecule has 0 rings (SSSR count). The van der Waals surface area contributed by atoms with Crippen molar-refractivity contribution in [1.29, 1.82) is 0 Å². The van der Waals surface area contributed by atoms with Crippen molar-refractivity contribution in [2.75, 3.05) is 0 Å². The van der Waals surface area contributed by atoms with Gasteiger partial charge in [-0.05, 0) is 0 Å². The van der Waals surface area contributed by atoms with E-state index in [1.165, 1.54) is 13.2 Å². The zero-order valence-electron chi connectivity index (χ0n) is 5.14. The monoisotopic (exact) mass is 127 g/mol. The van der Waals surface area contributed by atoms with E-state index in [9.17, 15) is 9.59 Å². The molecule has 0 aromatic rings. The van der Waals surface area contributed by atoms with E-state index in [-0.39, 0.29) is 12.8 Å². The first-order chi connectivity index (χ1) is 4.33. The smallest absolute Gasteiger partial charge is 0.198 e. The van der Waals surface area contributed by atoms with Gasteiger partial charge in [-0.1, -0.05) is 0 Å². The fourth-order valence-electron chi connectivity index (χ4n) is 0.102. The molecule has 49 valence electrons. The number of rotatable bonds is 3. The van der Waals surface area contributed by atoms with Gasteiger partial charge in [0.15, 0.2) is 18.9 Å². The Morgan fingerprint density at radius 1 is 1.00 bits per heavy atom. The Morgan fingerprint density at radius 3 is 1.33 bits per heavy atom. The Hall–Kier alpha value is -0.990. The summed E-state index contributed by atoms with van der Waals surface area (Å²) in [7, 11) is 0. The summed E-state index contributed by atoms with van der Waals surface area (Å²) in [6.07, 6.45) is 4.98. The molecule has 0 heterocycles. The lowest BCUT2D eigenvalue weighted by molar-refractivity contribution is 0.540. The predicted molar refractivity (Wildman–Crippen MR) is 32.0 cm³/mol. The summed E-state index contributed by atoms with van der Waals surface area (Å²) in [4.78, 5) is 27.2. The second-order valence-corrected chi connectivity index (χ2v) is 0.993. The molecule has 0 fully saturated rings. The van der Waals surface area contributed by atoms with E-state index in [2.05, 4.69) is 0 Å². The molecule has 3 radical (unpaired) electrons. The molecule has 0 saturated carbocycles. The molecule has 0 amide bonds. The van der Waals surface area contributed by atoms with Crippen molar-refractivity contribution in [3.63, 3.8) is 0 Å². The standard InChI is InChI=1S/C4H4O2.C2H3O/c5-3-1-2-4-6;1-2-3/h1-2H2;1H3. The van der Waals surface area contributed by atoms with Crippen LogP contribution in [0.1, 0.15) is 19.8 Å². The van der Waals surface area contributed by atoms with Crippen LogP contribution >= 0.6 is 0 Å². The van der Waals surface area contributed by atoms with Gasteiger partial charge in [0.05, 0.1) is 0 Å². The van der Waals surface area contributed by atoms with Crippen LogP contribution in [0.25, 0.3) is 0 Å². The van der Waals surface area contributed by atoms with Crippen LogP contribution in [0.5, 0.6) is 0 Å². The van der Waals surface area contributed by atoms with Crippen LogP contribution in [0.2, 0.25) is 0 Å². The Bertz CT molecular complexity index is 70.4. The molecule has 0 atom stereocenters. The third-order valence-electron chi connectivity index (χ3n) is 0.329. The second kappa shape index (κ2) is 15.7. The van der Waals surface area contributed by atoms with E-state index in [0.717, 1.165) is 0 Å². The average molecular weight is 127 g/mol. The summed E-state index contributed by atoms with van der Waals surface area (Å²) in [6, 6.07) is 0. The number of hydrogen-bond donors (Lipinski definition) is 0. The van der Waals surface area contributed by atoms with E-state index in [4.69, 9.17) is 4.79 Å². The summed E-state index contributed by atoms with van der Waals surface area (Å²) in [5, 5.41) is 0. The molecule has 0 N–H and O–H groups in total. The lowest BCUT2D eigenvalue weighted by Gasteiger charge is -1.65. The lowest BCUT2D eigenvalue weighted by Crippen LogP contribution is -1.73. The Morgan fingerprint density at radius 2 is 1.22 bits per heavy atom. The molecule has 0 unspecified atom stereocenters. The van der Waals surface area contributed by atoms with Crippen LogP contribution in [-0.4, -0.2) is 18.9 Å². The van der Waals surface area contributed by atoms with Crippen molar-refractivity contribution < 1.29 is 14.4 Å². The zero-order chi connectivity index (χ0) is 7.54. The highest BCUT2D eigenvalue weighted by Crippen LogP contribution is 1.72. The van der Waals surface area contributed by atoms with Crippen LogP contribution in [-0.2, 0) is 14.4 Å². The Balaban J connectivity index is 0. The highest BCUT2D eigenvalue weighted by molar-refractivity contribution is 5.59. The molecule has 9 heavy (non-hydrogen) atoms. The quantitative estimate of drug-likeness (QED) is 0.505. The fourth-order valence-corrected chi connectivity index (χ4v) is 0.102. The lowest BCUT2D eigenvalue weighted by atomic mass is 10.4. The van der Waals surface area contributed by atoms with Crippen molar-refractivity contribution in [2.45, 2.75) is 19.8 Å². The molecule has 0 saturated heterocycles. The molecular weight excluding hydrogens is 120 g/mol. The van der Waals surface area contributed by atoms with E-state index in [1.54, 1.807) is 12.6 Å². The second-order valence-electron chi connectivity index (χ2n) is 0.993. The maximum absolute atomic E-state index is 9.26. The van der Waals surface area contributed by atoms with E-state index < -0.39 is 0 Å². The third kappa shape index (κ3) is 43.6. The summed E-state index contributed by atoms with van der Waals surface area (Å²) in [5.74, 6) is 0. The van der Waals surface area contributed by atoms with Crippen molar-refractivity contribution in [3.05, 3.63) is 0 Å². The molecule has 0 spiro atoms. The van der Waals surface area contributed by atoms with Gasteiger partial charge >= 0.3 is 0 Å². The van der Waals surface area contributed by atoms with Crippen molar-refractivity contribution in [1.82, 2.24) is 0 Å². The van der Waals surface area contributed by atoms with Crippen molar-refractivity contribution in [2.24, 2.45) is 0 Å². The fraction of sp³-hybridized carbons (Fsp3) is 0.500. The van der Waals surface area contributed by atoms with Crippen LogP contribution < -0.4 is 0 Å². The maximum atomic E-state index is 9.26. The number of carbonyl (C=O) groups excluding carboxylic acids is 3. The largest absolute Gasteiger partial charge is 0.291 e. The SMILES string of the molecule is C[C]=O.O=[C]CC[C]=O. The third-order valence-corrected chi connectivity index (χ3v) is 0.329. The van der Waals surface area contributed by atoms with Gasteiger partial charge in [0.1, 0.15) is 0 Å². The van der Waals surface area contributed by atoms with Gasteiger partial charge in [-0.25, -0.2) is 0 Å². The molecular formula is C6H7O3. The minimum absolute atomic E-state index is 0.184. The van der Waals surface area contributed by atoms with Gasteiger partial charge in [0, 0.05) is 19.8 Å². The first kappa shape index (κ1) is 10.9. The van der Waals surface area contributed by atoms with Gasteiger partial charge in [0.2, 0.25) is 0 Å². The molecule has 3 heteroatoms. The molecule has 0 bridgehead atoms. The molecule has 0 aliphatic carbocycles. The van der Waals surface area contributed by atoms with Crippen molar-refractivity contribution >= 4 is 18.9 Å². The average Bonchev–Trinajstić information content (AvgIpc) is 1.86. The molecule has 0 aliphatic rings. The summed E-state index contributed by atoms with van der Waals surface area (Å²) >= 11 is 0. The number of unbranched alkanes of at least 4 members (excludes halogenated alkanes) is 1. The van der Waals surface area contributed by atoms with Crippen LogP contribution in [0.15, 0.2) is 0 Å². The minimum Gasteiger partial charge on any atom is -0.291 e. The first-order valence-electron chi connectivity index (χ1n) is 2.32. The van der Waals surface area contributed by atoms with Crippen LogP contribution in [0.4, 0.5) is 0 Å². The Labute approximate surface area is 54.1 Å². The normalized spacial score (nSPS) is 6.33. The Kier molecular flexibility index (Phi) is 19.1. The van der Waals surface area contributed by atoms with Gasteiger partial charge in [-0.2, -0.15) is 0 Å². The zero-order valence-corrected chi connectivity index (χ0v) is 5.14. The summed E-state index contributed by atoms with van der Waals surface area (Å²) in [6.45, 7) is 1.32. The summed E-state index contributed by atoms with van der Waals surface area (Å²) in [5.41, 5.74) is 0. The van der Waals surface area contributed by atoms with Gasteiger partial charge in [0.25, 0.3) is 0 Å². The highest BCUT2D eigenvalue weighted by atomic mass is 16.1. The van der Waals surface area contributed by atoms with Crippen LogP contribution in [0.3, 0.4) is 0 Å². The molecule has 0 aromatic carbocycles. The maximum Gasteiger partial charge on any atom is 0.198 e. The van der Waals surface area contributed by atoms with Gasteiger partial charge < -0.3 is 0 Å². The van der Waals surface area contributed by atoms with E-state index >= 15 is 0 Å². The van der Waals surface area contributed by atoms with Crippen LogP contribution in [0, 0.1) is 0 Å². The van der Waals surface area contributed by atoms with Crippen molar-refractivity contribution in [3.8, 4) is 0 Å². The van der Waals surface area contributed by atoms with Gasteiger partial charge in [-0.15, -0.1) is 0 Å². The van der Waals surface area contributed by atoms with E-state index in [0.29, 0.717) is 0 Å².